The number of hydrogen-bond acceptors (Lipinski definition) is 9. The van der Waals surface area contributed by atoms with Gasteiger partial charge < -0.3 is 15.5 Å². The Morgan fingerprint density at radius 3 is 1.79 bits per heavy atom. The highest BCUT2D eigenvalue weighted by molar-refractivity contribution is 5.82. The third-order valence-electron chi connectivity index (χ3n) is 5.20. The quantitative estimate of drug-likeness (QED) is 0.357. The van der Waals surface area contributed by atoms with Crippen molar-refractivity contribution in [2.45, 2.75) is 0 Å². The van der Waals surface area contributed by atoms with Gasteiger partial charge in [0.25, 0.3) is 0 Å². The van der Waals surface area contributed by atoms with E-state index in [0.717, 1.165) is 45.0 Å². The number of aromatic nitrogens is 6. The number of nitrogens with two attached hydrogens (primary N) is 1. The minimum absolute atomic E-state index is 0.659. The number of rotatable bonds is 6. The molecule has 0 saturated heterocycles. The molecule has 0 bridgehead atoms. The molecule has 0 saturated carbocycles. The van der Waals surface area contributed by atoms with Crippen molar-refractivity contribution in [1.82, 2.24) is 30.8 Å². The van der Waals surface area contributed by atoms with E-state index >= 15 is 0 Å². The average molecular weight is 440 g/mol. The van der Waals surface area contributed by atoms with Gasteiger partial charge in [-0.25, -0.2) is 0 Å². The minimum Gasteiger partial charge on any atom is -0.398 e. The average Bonchev–Trinajstić information content (AvgIpc) is 2.83. The van der Waals surface area contributed by atoms with E-state index in [1.54, 1.807) is 12.4 Å². The Labute approximate surface area is 192 Å². The van der Waals surface area contributed by atoms with Crippen LogP contribution in [-0.2, 0) is 0 Å². The highest BCUT2D eigenvalue weighted by atomic mass is 15.3. The summed E-state index contributed by atoms with van der Waals surface area (Å²) in [6, 6.07) is 14.0. The van der Waals surface area contributed by atoms with Crippen molar-refractivity contribution < 1.29 is 0 Å². The van der Waals surface area contributed by atoms with Crippen LogP contribution in [0.25, 0.3) is 34.7 Å². The van der Waals surface area contributed by atoms with E-state index in [1.807, 2.05) is 92.6 Å². The number of benzene rings is 2. The lowest BCUT2D eigenvalue weighted by Gasteiger charge is -2.15. The summed E-state index contributed by atoms with van der Waals surface area (Å²) in [4.78, 5) is 3.92. The molecule has 0 aliphatic rings. The van der Waals surface area contributed by atoms with Crippen LogP contribution in [0.15, 0.2) is 54.9 Å². The molecule has 4 aromatic rings. The molecular weight excluding hydrogens is 414 g/mol. The largest absolute Gasteiger partial charge is 0.398 e. The first-order chi connectivity index (χ1) is 15.9. The van der Waals surface area contributed by atoms with E-state index in [9.17, 15) is 0 Å². The Morgan fingerprint density at radius 1 is 0.697 bits per heavy atom. The molecule has 0 amide bonds. The van der Waals surface area contributed by atoms with Crippen molar-refractivity contribution >= 4 is 29.2 Å². The molecule has 166 valence electrons. The summed E-state index contributed by atoms with van der Waals surface area (Å²) in [5.41, 5.74) is 14.2. The SMILES string of the molecule is CN(C)c1cnnnc1-c1ccc(C=Cc2ccc(-c3nnncc3N(C)C)cc2N)cc1. The van der Waals surface area contributed by atoms with E-state index in [1.165, 1.54) is 0 Å². The van der Waals surface area contributed by atoms with E-state index in [0.29, 0.717) is 5.69 Å². The topological polar surface area (TPSA) is 110 Å². The molecule has 0 atom stereocenters. The molecule has 33 heavy (non-hydrogen) atoms. The summed E-state index contributed by atoms with van der Waals surface area (Å²) >= 11 is 0. The molecule has 0 unspecified atom stereocenters. The Morgan fingerprint density at radius 2 is 1.24 bits per heavy atom. The van der Waals surface area contributed by atoms with Gasteiger partial charge in [0, 0.05) is 45.0 Å². The third kappa shape index (κ3) is 4.77. The van der Waals surface area contributed by atoms with Gasteiger partial charge in [0.2, 0.25) is 0 Å². The normalized spacial score (nSPS) is 11.0. The Bertz CT molecular complexity index is 1280. The van der Waals surface area contributed by atoms with Crippen molar-refractivity contribution in [2.24, 2.45) is 0 Å². The van der Waals surface area contributed by atoms with E-state index in [2.05, 4.69) is 30.8 Å². The summed E-state index contributed by atoms with van der Waals surface area (Å²) in [6.07, 6.45) is 7.42. The highest BCUT2D eigenvalue weighted by Gasteiger charge is 2.11. The van der Waals surface area contributed by atoms with Crippen molar-refractivity contribution in [3.63, 3.8) is 0 Å². The zero-order valence-corrected chi connectivity index (χ0v) is 19.0. The zero-order chi connectivity index (χ0) is 23.4. The molecule has 2 N–H and O–H groups in total. The van der Waals surface area contributed by atoms with Gasteiger partial charge in [-0.2, -0.15) is 0 Å². The second-order valence-corrected chi connectivity index (χ2v) is 7.92. The lowest BCUT2D eigenvalue weighted by molar-refractivity contribution is 0.862. The van der Waals surface area contributed by atoms with E-state index < -0.39 is 0 Å². The Balaban J connectivity index is 1.56. The van der Waals surface area contributed by atoms with Crippen LogP contribution in [0, 0.1) is 0 Å². The van der Waals surface area contributed by atoms with Crippen LogP contribution in [0.2, 0.25) is 0 Å². The van der Waals surface area contributed by atoms with Gasteiger partial charge in [0.1, 0.15) is 11.4 Å². The fourth-order valence-electron chi connectivity index (χ4n) is 3.40. The standard InChI is InChI=1S/C24H25N9/c1-32(2)21-14-26-30-28-23(21)18-9-6-16(7-10-18)5-8-17-11-12-19(13-20(17)25)24-22(33(3)4)15-27-31-29-24/h5-15H,25H2,1-4H3. The number of nitrogens with zero attached hydrogens (tertiary/aromatic N) is 8. The summed E-state index contributed by atoms with van der Waals surface area (Å²) in [6.45, 7) is 0. The van der Waals surface area contributed by atoms with Crippen LogP contribution in [0.5, 0.6) is 0 Å². The molecule has 4 rings (SSSR count). The second kappa shape index (κ2) is 9.39. The van der Waals surface area contributed by atoms with E-state index in [-0.39, 0.29) is 0 Å². The van der Waals surface area contributed by atoms with Gasteiger partial charge in [-0.05, 0) is 27.6 Å². The van der Waals surface area contributed by atoms with Crippen molar-refractivity contribution in [2.75, 3.05) is 43.7 Å². The van der Waals surface area contributed by atoms with Crippen LogP contribution in [0.4, 0.5) is 17.1 Å². The monoisotopic (exact) mass is 439 g/mol. The Hall–Kier alpha value is -4.40. The van der Waals surface area contributed by atoms with Gasteiger partial charge in [0.15, 0.2) is 0 Å². The van der Waals surface area contributed by atoms with Gasteiger partial charge >= 0.3 is 0 Å². The van der Waals surface area contributed by atoms with Crippen LogP contribution in [0.1, 0.15) is 11.1 Å². The molecule has 0 fully saturated rings. The molecule has 0 spiro atoms. The maximum absolute atomic E-state index is 6.34. The first kappa shape index (κ1) is 21.8. The highest BCUT2D eigenvalue weighted by Crippen LogP contribution is 2.30. The maximum Gasteiger partial charge on any atom is 0.120 e. The Kier molecular flexibility index (Phi) is 6.21. The molecule has 9 nitrogen and oxygen atoms in total. The summed E-state index contributed by atoms with van der Waals surface area (Å²) in [5, 5.41) is 23.7. The fraction of sp³-hybridized carbons (Fsp3) is 0.167. The van der Waals surface area contributed by atoms with Crippen molar-refractivity contribution in [1.29, 1.82) is 0 Å². The van der Waals surface area contributed by atoms with E-state index in [4.69, 9.17) is 5.73 Å². The molecule has 2 aromatic carbocycles. The molecule has 0 radical (unpaired) electrons. The fourth-order valence-corrected chi connectivity index (χ4v) is 3.40. The molecule has 0 aliphatic heterocycles. The zero-order valence-electron chi connectivity index (χ0n) is 19.0. The summed E-state index contributed by atoms with van der Waals surface area (Å²) in [7, 11) is 7.79. The predicted molar refractivity (Wildman–Crippen MR) is 133 cm³/mol. The van der Waals surface area contributed by atoms with Crippen LogP contribution >= 0.6 is 0 Å². The molecule has 9 heteroatoms. The molecule has 2 heterocycles. The number of hydrogen-bond donors (Lipinski definition) is 1. The van der Waals surface area contributed by atoms with Crippen LogP contribution in [0.3, 0.4) is 0 Å². The first-order valence-corrected chi connectivity index (χ1v) is 10.3. The molecule has 2 aromatic heterocycles. The van der Waals surface area contributed by atoms with Gasteiger partial charge in [0.05, 0.1) is 23.8 Å². The lowest BCUT2D eigenvalue weighted by Crippen LogP contribution is -2.12. The van der Waals surface area contributed by atoms with Crippen LogP contribution in [-0.4, -0.2) is 59.0 Å². The number of anilines is 3. The molecular formula is C24H25N9. The summed E-state index contributed by atoms with van der Waals surface area (Å²) in [5.74, 6) is 0. The first-order valence-electron chi connectivity index (χ1n) is 10.3. The number of nitrogen functional groups attached to an aromatic ring is 1. The predicted octanol–water partition coefficient (Wildman–Crippen LogP) is 3.28. The maximum atomic E-state index is 6.34. The van der Waals surface area contributed by atoms with Gasteiger partial charge in [-0.1, -0.05) is 48.6 Å². The second-order valence-electron chi connectivity index (χ2n) is 7.92. The smallest absolute Gasteiger partial charge is 0.120 e. The minimum atomic E-state index is 0.659. The van der Waals surface area contributed by atoms with Crippen molar-refractivity contribution in [3.8, 4) is 22.5 Å². The third-order valence-corrected chi connectivity index (χ3v) is 5.20. The lowest BCUT2D eigenvalue weighted by atomic mass is 10.0. The van der Waals surface area contributed by atoms with Gasteiger partial charge in [-0.15, -0.1) is 20.4 Å². The van der Waals surface area contributed by atoms with Crippen molar-refractivity contribution in [3.05, 3.63) is 66.0 Å². The molecule has 0 aliphatic carbocycles. The van der Waals surface area contributed by atoms with Crippen LogP contribution < -0.4 is 15.5 Å². The summed E-state index contributed by atoms with van der Waals surface area (Å²) < 4.78 is 0. The van der Waals surface area contributed by atoms with Gasteiger partial charge in [-0.3, -0.25) is 0 Å².